The van der Waals surface area contributed by atoms with E-state index in [2.05, 4.69) is 227 Å². The highest BCUT2D eigenvalue weighted by Crippen LogP contribution is 2.51. The summed E-state index contributed by atoms with van der Waals surface area (Å²) in [5, 5.41) is 2.26. The molecule has 0 fully saturated rings. The molecule has 0 saturated heterocycles. The van der Waals surface area contributed by atoms with Gasteiger partial charge in [-0.1, -0.05) is 173 Å². The first kappa shape index (κ1) is 36.4. The van der Waals surface area contributed by atoms with E-state index in [1.54, 1.807) is 0 Å². The molecule has 0 aliphatic heterocycles. The fourth-order valence-electron chi connectivity index (χ4n) is 10.6. The van der Waals surface area contributed by atoms with Crippen LogP contribution >= 0.6 is 0 Å². The summed E-state index contributed by atoms with van der Waals surface area (Å²) in [6.07, 6.45) is 0. The van der Waals surface area contributed by atoms with Crippen molar-refractivity contribution in [3.8, 4) is 55.6 Å². The van der Waals surface area contributed by atoms with Crippen LogP contribution in [0.2, 0.25) is 0 Å². The van der Waals surface area contributed by atoms with E-state index in [9.17, 15) is 0 Å². The third-order valence-electron chi connectivity index (χ3n) is 13.9. The predicted molar refractivity (Wildman–Crippen MR) is 260 cm³/mol. The molecule has 12 rings (SSSR count). The first-order valence-corrected chi connectivity index (χ1v) is 21.7. The summed E-state index contributed by atoms with van der Waals surface area (Å²) in [5.74, 6) is 0. The van der Waals surface area contributed by atoms with Crippen LogP contribution < -0.4 is 4.90 Å². The first-order chi connectivity index (χ1) is 30.2. The lowest BCUT2D eigenvalue weighted by molar-refractivity contribution is 0.660. The van der Waals surface area contributed by atoms with E-state index in [0.29, 0.717) is 0 Å². The number of hydrogen-bond donors (Lipinski definition) is 0. The number of anilines is 3. The molecule has 2 aliphatic rings. The van der Waals surface area contributed by atoms with Crippen LogP contribution in [-0.2, 0) is 10.8 Å². The highest BCUT2D eigenvalue weighted by molar-refractivity contribution is 6.09. The lowest BCUT2D eigenvalue weighted by atomic mass is 9.81. The summed E-state index contributed by atoms with van der Waals surface area (Å²) < 4.78 is 6.52. The number of hydrogen-bond acceptors (Lipinski definition) is 2. The third-order valence-corrected chi connectivity index (χ3v) is 13.9. The largest absolute Gasteiger partial charge is 0.455 e. The van der Waals surface area contributed by atoms with E-state index in [1.165, 1.54) is 66.8 Å². The molecule has 0 unspecified atom stereocenters. The molecule has 1 heterocycles. The molecule has 0 bridgehead atoms. The van der Waals surface area contributed by atoms with Crippen molar-refractivity contribution in [3.05, 3.63) is 222 Å². The summed E-state index contributed by atoms with van der Waals surface area (Å²) in [7, 11) is 0. The molecule has 0 amide bonds. The molecule has 296 valence electrons. The Morgan fingerprint density at radius 2 is 0.790 bits per heavy atom. The van der Waals surface area contributed by atoms with Gasteiger partial charge in [0.2, 0.25) is 0 Å². The van der Waals surface area contributed by atoms with Gasteiger partial charge in [-0.05, 0) is 127 Å². The van der Waals surface area contributed by atoms with Crippen molar-refractivity contribution in [2.75, 3.05) is 4.90 Å². The fourth-order valence-corrected chi connectivity index (χ4v) is 10.6. The van der Waals surface area contributed by atoms with Crippen LogP contribution in [0.25, 0.3) is 77.6 Å². The molecular formula is C60H45NO. The van der Waals surface area contributed by atoms with Crippen molar-refractivity contribution in [3.63, 3.8) is 0 Å². The number of fused-ring (bicyclic) bond motifs is 9. The first-order valence-electron chi connectivity index (χ1n) is 21.7. The smallest absolute Gasteiger partial charge is 0.143 e. The molecule has 9 aromatic carbocycles. The Labute approximate surface area is 363 Å². The number of benzene rings is 9. The SMILES string of the molecule is CC1(C)c2ccccc2-c2ccc(-c3ccc(N(c4ccc(-c5ccc6c(c5)C(C)(C)c5ccccc5-6)cc4)c4cccc(-c5cccc6c5oc5ccccc56)c4)cc3)cc21. The van der Waals surface area contributed by atoms with E-state index >= 15 is 0 Å². The summed E-state index contributed by atoms with van der Waals surface area (Å²) in [5.41, 5.74) is 22.9. The van der Waals surface area contributed by atoms with Gasteiger partial charge in [0.15, 0.2) is 0 Å². The minimum absolute atomic E-state index is 0.0520. The second kappa shape index (κ2) is 13.5. The zero-order chi connectivity index (χ0) is 41.7. The summed E-state index contributed by atoms with van der Waals surface area (Å²) in [6, 6.07) is 73.5. The Morgan fingerprint density at radius 1 is 0.323 bits per heavy atom. The van der Waals surface area contributed by atoms with Crippen LogP contribution in [-0.4, -0.2) is 0 Å². The van der Waals surface area contributed by atoms with Crippen molar-refractivity contribution in [2.45, 2.75) is 38.5 Å². The van der Waals surface area contributed by atoms with Gasteiger partial charge in [-0.3, -0.25) is 0 Å². The number of nitrogens with zero attached hydrogens (tertiary/aromatic N) is 1. The molecule has 0 N–H and O–H groups in total. The fraction of sp³-hybridized carbons (Fsp3) is 0.100. The number of furan rings is 1. The number of para-hydroxylation sites is 2. The van der Waals surface area contributed by atoms with Gasteiger partial charge in [-0.25, -0.2) is 0 Å². The zero-order valence-corrected chi connectivity index (χ0v) is 35.4. The molecule has 0 spiro atoms. The van der Waals surface area contributed by atoms with Crippen LogP contribution in [0.5, 0.6) is 0 Å². The van der Waals surface area contributed by atoms with Crippen LogP contribution in [0.15, 0.2) is 205 Å². The second-order valence-electron chi connectivity index (χ2n) is 18.1. The standard InChI is InChI=1S/C60H45NO/c1-59(2)53-20-8-5-15-47(53)49-33-27-40(36-55(49)59)38-23-29-43(30-24-38)61(45-14-11-13-42(35-45)46-18-12-19-52-51-17-7-10-22-57(51)62-58(46)52)44-31-25-39(26-32-44)41-28-34-50-48-16-6-9-21-54(48)60(3,4)56(50)37-41/h5-37H,1-4H3. The van der Waals surface area contributed by atoms with Gasteiger partial charge in [-0.2, -0.15) is 0 Å². The number of rotatable bonds is 6. The Bertz CT molecular complexity index is 3250. The van der Waals surface area contributed by atoms with Crippen LogP contribution in [0.1, 0.15) is 49.9 Å². The molecule has 0 atom stereocenters. The predicted octanol–water partition coefficient (Wildman–Crippen LogP) is 16.7. The van der Waals surface area contributed by atoms with E-state index in [1.807, 2.05) is 6.07 Å². The van der Waals surface area contributed by atoms with Crippen LogP contribution in [0.3, 0.4) is 0 Å². The van der Waals surface area contributed by atoms with Gasteiger partial charge in [0.25, 0.3) is 0 Å². The minimum Gasteiger partial charge on any atom is -0.455 e. The second-order valence-corrected chi connectivity index (χ2v) is 18.1. The molecular weight excluding hydrogens is 751 g/mol. The molecule has 0 radical (unpaired) electrons. The Morgan fingerprint density at radius 3 is 1.39 bits per heavy atom. The van der Waals surface area contributed by atoms with Crippen molar-refractivity contribution >= 4 is 39.0 Å². The highest BCUT2D eigenvalue weighted by Gasteiger charge is 2.36. The maximum Gasteiger partial charge on any atom is 0.143 e. The van der Waals surface area contributed by atoms with Crippen molar-refractivity contribution in [2.24, 2.45) is 0 Å². The van der Waals surface area contributed by atoms with Crippen LogP contribution in [0.4, 0.5) is 17.1 Å². The minimum atomic E-state index is -0.0520. The van der Waals surface area contributed by atoms with E-state index < -0.39 is 0 Å². The summed E-state index contributed by atoms with van der Waals surface area (Å²) >= 11 is 0. The highest BCUT2D eigenvalue weighted by atomic mass is 16.3. The third kappa shape index (κ3) is 5.49. The average molecular weight is 796 g/mol. The molecule has 0 saturated carbocycles. The molecule has 2 aliphatic carbocycles. The lowest BCUT2D eigenvalue weighted by Gasteiger charge is -2.27. The van der Waals surface area contributed by atoms with Crippen molar-refractivity contribution in [1.29, 1.82) is 0 Å². The molecule has 10 aromatic rings. The molecule has 1 aromatic heterocycles. The van der Waals surface area contributed by atoms with E-state index in [4.69, 9.17) is 4.42 Å². The van der Waals surface area contributed by atoms with Gasteiger partial charge >= 0.3 is 0 Å². The maximum atomic E-state index is 6.52. The van der Waals surface area contributed by atoms with Gasteiger partial charge in [0, 0.05) is 44.2 Å². The van der Waals surface area contributed by atoms with E-state index in [0.717, 1.165) is 50.1 Å². The van der Waals surface area contributed by atoms with Gasteiger partial charge in [0.05, 0.1) is 0 Å². The van der Waals surface area contributed by atoms with Gasteiger partial charge < -0.3 is 9.32 Å². The zero-order valence-electron chi connectivity index (χ0n) is 35.4. The quantitative estimate of drug-likeness (QED) is 0.167. The average Bonchev–Trinajstić information content (AvgIpc) is 3.89. The lowest BCUT2D eigenvalue weighted by Crippen LogP contribution is -2.14. The normalized spacial score (nSPS) is 14.1. The Balaban J connectivity index is 0.943. The molecule has 62 heavy (non-hydrogen) atoms. The topological polar surface area (TPSA) is 16.4 Å². The summed E-state index contributed by atoms with van der Waals surface area (Å²) in [6.45, 7) is 9.39. The van der Waals surface area contributed by atoms with E-state index in [-0.39, 0.29) is 10.8 Å². The maximum absolute atomic E-state index is 6.52. The van der Waals surface area contributed by atoms with Gasteiger partial charge in [0.1, 0.15) is 11.2 Å². The van der Waals surface area contributed by atoms with Crippen molar-refractivity contribution in [1.82, 2.24) is 0 Å². The van der Waals surface area contributed by atoms with Crippen LogP contribution in [0, 0.1) is 0 Å². The van der Waals surface area contributed by atoms with Crippen molar-refractivity contribution < 1.29 is 4.42 Å². The monoisotopic (exact) mass is 795 g/mol. The van der Waals surface area contributed by atoms with Gasteiger partial charge in [-0.15, -0.1) is 0 Å². The Kier molecular flexibility index (Phi) is 7.96. The summed E-state index contributed by atoms with van der Waals surface area (Å²) in [4.78, 5) is 2.38. The molecule has 2 nitrogen and oxygen atoms in total. The molecule has 2 heteroatoms. The Hall–Kier alpha value is -7.42.